The molecule has 2 aromatic carbocycles. The number of nitrogens with one attached hydrogen (secondary N) is 1. The van der Waals surface area contributed by atoms with Crippen molar-refractivity contribution in [2.45, 2.75) is 37.0 Å². The Morgan fingerprint density at radius 2 is 1.46 bits per heavy atom. The van der Waals surface area contributed by atoms with Gasteiger partial charge in [-0.15, -0.1) is 0 Å². The lowest BCUT2D eigenvalue weighted by Crippen LogP contribution is -2.36. The molecule has 0 saturated heterocycles. The molecule has 0 aliphatic heterocycles. The van der Waals surface area contributed by atoms with Crippen LogP contribution in [0.25, 0.3) is 0 Å². The largest absolute Gasteiger partial charge is 0.353 e. The Hall–Kier alpha value is -1.94. The van der Waals surface area contributed by atoms with Crippen molar-refractivity contribution >= 4 is 16.7 Å². The van der Waals surface area contributed by atoms with Crippen LogP contribution in [0.1, 0.15) is 42.1 Å². The Balaban J connectivity index is 1.75. The van der Waals surface area contributed by atoms with Gasteiger partial charge in [0.1, 0.15) is 5.75 Å². The third-order valence-corrected chi connectivity index (χ3v) is 6.08. The first-order valence-corrected chi connectivity index (χ1v) is 9.88. The summed E-state index contributed by atoms with van der Waals surface area (Å²) in [6.45, 7) is 0. The van der Waals surface area contributed by atoms with Crippen molar-refractivity contribution in [3.8, 4) is 0 Å². The van der Waals surface area contributed by atoms with Crippen molar-refractivity contribution in [2.75, 3.05) is 5.75 Å². The van der Waals surface area contributed by atoms with E-state index in [2.05, 4.69) is 5.32 Å². The molecule has 1 aliphatic carbocycles. The summed E-state index contributed by atoms with van der Waals surface area (Å²) in [5.41, 5.74) is 1.96. The Kier molecular flexibility index (Phi) is 5.81. The average Bonchev–Trinajstić information content (AvgIpc) is 3.10. The van der Waals surface area contributed by atoms with E-state index in [1.807, 2.05) is 60.7 Å². The van der Waals surface area contributed by atoms with E-state index in [9.17, 15) is 9.00 Å². The first-order valence-electron chi connectivity index (χ1n) is 8.50. The topological polar surface area (TPSA) is 46.2 Å². The van der Waals surface area contributed by atoms with Gasteiger partial charge in [-0.3, -0.25) is 9.00 Å². The second kappa shape index (κ2) is 8.25. The maximum Gasteiger partial charge on any atom is 0.232 e. The monoisotopic (exact) mass is 341 g/mol. The first kappa shape index (κ1) is 16.9. The van der Waals surface area contributed by atoms with Crippen molar-refractivity contribution in [1.29, 1.82) is 0 Å². The lowest BCUT2D eigenvalue weighted by Gasteiger charge is -2.18. The van der Waals surface area contributed by atoms with Crippen molar-refractivity contribution in [2.24, 2.45) is 0 Å². The molecule has 0 aromatic heterocycles. The number of benzene rings is 2. The summed E-state index contributed by atoms with van der Waals surface area (Å²) in [5, 5.41) is 2.76. The highest BCUT2D eigenvalue weighted by atomic mass is 32.2. The zero-order valence-corrected chi connectivity index (χ0v) is 14.5. The minimum absolute atomic E-state index is 0.0466. The maximum absolute atomic E-state index is 13.0. The molecule has 4 heteroatoms. The van der Waals surface area contributed by atoms with E-state index >= 15 is 0 Å². The van der Waals surface area contributed by atoms with E-state index in [-0.39, 0.29) is 23.0 Å². The summed E-state index contributed by atoms with van der Waals surface area (Å²) in [7, 11) is -1.30. The summed E-state index contributed by atoms with van der Waals surface area (Å²) < 4.78 is 13.0. The van der Waals surface area contributed by atoms with Crippen LogP contribution in [0.15, 0.2) is 60.7 Å². The first-order chi connectivity index (χ1) is 11.7. The van der Waals surface area contributed by atoms with Crippen LogP contribution in [0.4, 0.5) is 0 Å². The number of carbonyl (C=O) groups is 1. The summed E-state index contributed by atoms with van der Waals surface area (Å²) >= 11 is 0. The van der Waals surface area contributed by atoms with Crippen LogP contribution in [-0.2, 0) is 15.6 Å². The highest BCUT2D eigenvalue weighted by Gasteiger charge is 2.24. The minimum Gasteiger partial charge on any atom is -0.353 e. The van der Waals surface area contributed by atoms with Crippen molar-refractivity contribution < 1.29 is 9.00 Å². The zero-order chi connectivity index (χ0) is 16.8. The maximum atomic E-state index is 13.0. The Labute approximate surface area is 145 Å². The number of hydrogen-bond donors (Lipinski definition) is 1. The van der Waals surface area contributed by atoms with E-state index in [0.29, 0.717) is 0 Å². The van der Waals surface area contributed by atoms with Crippen LogP contribution in [-0.4, -0.2) is 21.9 Å². The standard InChI is InChI=1S/C20H23NO2S/c22-19(21-18-13-7-8-14-18)15-24(23)20(16-9-3-1-4-10-16)17-11-5-2-6-12-17/h1-6,9-12,18,20H,7-8,13-15H2,(H,21,22). The second-order valence-corrected chi connectivity index (χ2v) is 7.80. The molecule has 1 saturated carbocycles. The fourth-order valence-corrected chi connectivity index (χ4v) is 4.73. The summed E-state index contributed by atoms with van der Waals surface area (Å²) in [6.07, 6.45) is 4.42. The lowest BCUT2D eigenvalue weighted by atomic mass is 10.0. The third kappa shape index (κ3) is 4.32. The molecule has 1 aliphatic rings. The van der Waals surface area contributed by atoms with E-state index in [1.54, 1.807) is 0 Å². The van der Waals surface area contributed by atoms with E-state index < -0.39 is 10.8 Å². The van der Waals surface area contributed by atoms with Gasteiger partial charge in [0, 0.05) is 16.8 Å². The molecule has 1 N–H and O–H groups in total. The SMILES string of the molecule is O=C(CS(=O)C(c1ccccc1)c1ccccc1)NC1CCCC1. The van der Waals surface area contributed by atoms with Crippen molar-refractivity contribution in [3.05, 3.63) is 71.8 Å². The molecule has 0 radical (unpaired) electrons. The van der Waals surface area contributed by atoms with E-state index in [1.165, 1.54) is 12.8 Å². The molecular weight excluding hydrogens is 318 g/mol. The summed E-state index contributed by atoms with van der Waals surface area (Å²) in [4.78, 5) is 12.3. The molecule has 2 aromatic rings. The molecule has 1 fully saturated rings. The smallest absolute Gasteiger partial charge is 0.232 e. The van der Waals surface area contributed by atoms with Crippen molar-refractivity contribution in [1.82, 2.24) is 5.32 Å². The molecule has 0 bridgehead atoms. The minimum atomic E-state index is -1.30. The normalized spacial score (nSPS) is 16.2. The molecule has 126 valence electrons. The number of hydrogen-bond acceptors (Lipinski definition) is 2. The van der Waals surface area contributed by atoms with Gasteiger partial charge < -0.3 is 5.32 Å². The van der Waals surface area contributed by atoms with Gasteiger partial charge >= 0.3 is 0 Å². The van der Waals surface area contributed by atoms with Crippen LogP contribution in [0.5, 0.6) is 0 Å². The van der Waals surface area contributed by atoms with Gasteiger partial charge in [0.2, 0.25) is 5.91 Å². The number of rotatable bonds is 6. The fourth-order valence-electron chi connectivity index (χ4n) is 3.30. The second-order valence-electron chi connectivity index (χ2n) is 6.28. The predicted octanol–water partition coefficient (Wildman–Crippen LogP) is 3.58. The highest BCUT2D eigenvalue weighted by Crippen LogP contribution is 2.28. The molecule has 0 spiro atoms. The van der Waals surface area contributed by atoms with E-state index in [0.717, 1.165) is 24.0 Å². The molecular formula is C20H23NO2S. The number of amides is 1. The van der Waals surface area contributed by atoms with Gasteiger partial charge in [0.05, 0.1) is 5.25 Å². The molecule has 0 heterocycles. The summed E-state index contributed by atoms with van der Waals surface area (Å²) in [5.74, 6) is -0.0533. The highest BCUT2D eigenvalue weighted by molar-refractivity contribution is 7.86. The molecule has 24 heavy (non-hydrogen) atoms. The molecule has 3 nitrogen and oxygen atoms in total. The lowest BCUT2D eigenvalue weighted by molar-refractivity contribution is -0.119. The summed E-state index contributed by atoms with van der Waals surface area (Å²) in [6, 6.07) is 19.8. The van der Waals surface area contributed by atoms with Gasteiger partial charge in [-0.2, -0.15) is 0 Å². The van der Waals surface area contributed by atoms with Gasteiger partial charge in [-0.1, -0.05) is 73.5 Å². The Bertz CT molecular complexity index is 642. The fraction of sp³-hybridized carbons (Fsp3) is 0.350. The quantitative estimate of drug-likeness (QED) is 0.873. The van der Waals surface area contributed by atoms with Crippen molar-refractivity contribution in [3.63, 3.8) is 0 Å². The van der Waals surface area contributed by atoms with Gasteiger partial charge in [-0.05, 0) is 24.0 Å². The predicted molar refractivity (Wildman–Crippen MR) is 98.1 cm³/mol. The molecule has 1 amide bonds. The van der Waals surface area contributed by atoms with Gasteiger partial charge in [0.15, 0.2) is 0 Å². The molecule has 1 unspecified atom stereocenters. The van der Waals surface area contributed by atoms with E-state index in [4.69, 9.17) is 0 Å². The van der Waals surface area contributed by atoms with Crippen LogP contribution < -0.4 is 5.32 Å². The van der Waals surface area contributed by atoms with Crippen LogP contribution in [0, 0.1) is 0 Å². The Morgan fingerprint density at radius 1 is 0.958 bits per heavy atom. The number of carbonyl (C=O) groups excluding carboxylic acids is 1. The van der Waals surface area contributed by atoms with Crippen LogP contribution in [0.2, 0.25) is 0 Å². The van der Waals surface area contributed by atoms with Crippen LogP contribution >= 0.6 is 0 Å². The zero-order valence-electron chi connectivity index (χ0n) is 13.7. The van der Waals surface area contributed by atoms with Gasteiger partial charge in [0.25, 0.3) is 0 Å². The third-order valence-electron chi connectivity index (χ3n) is 4.46. The molecule has 3 rings (SSSR count). The average molecular weight is 341 g/mol. The van der Waals surface area contributed by atoms with Crippen LogP contribution in [0.3, 0.4) is 0 Å². The Morgan fingerprint density at radius 3 is 1.96 bits per heavy atom. The van der Waals surface area contributed by atoms with Gasteiger partial charge in [-0.25, -0.2) is 0 Å². The molecule has 1 atom stereocenters.